The Morgan fingerprint density at radius 2 is 1.75 bits per heavy atom. The van der Waals surface area contributed by atoms with Gasteiger partial charge in [-0.25, -0.2) is 27.0 Å². The SMILES string of the molecule is [2H]C([2H])([2H])n1c(=O)n(C2CCC(CC=O)(NC(=O)C3CC3)CC2)c2c3c(-c4ccc(CNC(=O)OC(C)(C)C)cc4)c(-c4cn(C)nc4OC)n(S(=O)(=O)c4ccccc4)c3ncc21. The Morgan fingerprint density at radius 3 is 2.38 bits per heavy atom. The van der Waals surface area contributed by atoms with Crippen LogP contribution in [0.5, 0.6) is 5.88 Å². The molecule has 2 aromatic carbocycles. The second-order valence-electron chi connectivity index (χ2n) is 16.9. The first kappa shape index (κ1) is 37.7. The van der Waals surface area contributed by atoms with Gasteiger partial charge in [-0.1, -0.05) is 42.5 Å². The van der Waals surface area contributed by atoms with Crippen molar-refractivity contribution < 1.29 is 36.4 Å². The Bertz CT molecular complexity index is 2950. The second-order valence-corrected chi connectivity index (χ2v) is 18.7. The van der Waals surface area contributed by atoms with Gasteiger partial charge in [-0.05, 0) is 82.6 Å². The Hall–Kier alpha value is -6.23. The molecule has 4 heterocycles. The molecule has 4 aromatic heterocycles. The maximum atomic E-state index is 15.2. The third kappa shape index (κ3) is 7.70. The molecule has 8 rings (SSSR count). The maximum Gasteiger partial charge on any atom is 0.407 e. The zero-order valence-electron chi connectivity index (χ0n) is 37.6. The number of rotatable bonds is 12. The minimum Gasteiger partial charge on any atom is -0.479 e. The summed E-state index contributed by atoms with van der Waals surface area (Å²) in [6.07, 6.45) is 5.83. The first-order chi connectivity index (χ1) is 30.3. The lowest BCUT2D eigenvalue weighted by atomic mass is 9.77. The van der Waals surface area contributed by atoms with Crippen molar-refractivity contribution in [2.75, 3.05) is 7.11 Å². The number of imidazole rings is 1. The number of alkyl carbamates (subject to hydrolysis) is 1. The molecular formula is C44H50N8O8S. The van der Waals surface area contributed by atoms with Gasteiger partial charge in [0, 0.05) is 60.4 Å². The fourth-order valence-corrected chi connectivity index (χ4v) is 9.93. The summed E-state index contributed by atoms with van der Waals surface area (Å²) in [6.45, 7) is 2.39. The molecule has 2 aliphatic rings. The van der Waals surface area contributed by atoms with E-state index in [9.17, 15) is 19.2 Å². The number of amides is 2. The van der Waals surface area contributed by atoms with Crippen molar-refractivity contribution in [3.63, 3.8) is 0 Å². The summed E-state index contributed by atoms with van der Waals surface area (Å²) in [5.74, 6) is -0.130. The summed E-state index contributed by atoms with van der Waals surface area (Å²) in [7, 11) is -1.48. The highest BCUT2D eigenvalue weighted by atomic mass is 32.2. The van der Waals surface area contributed by atoms with Crippen molar-refractivity contribution in [1.82, 2.24) is 38.5 Å². The summed E-state index contributed by atoms with van der Waals surface area (Å²) >= 11 is 0. The summed E-state index contributed by atoms with van der Waals surface area (Å²) in [4.78, 5) is 57.1. The van der Waals surface area contributed by atoms with Gasteiger partial charge >= 0.3 is 11.8 Å². The lowest BCUT2D eigenvalue weighted by Gasteiger charge is -2.40. The van der Waals surface area contributed by atoms with Crippen LogP contribution in [-0.2, 0) is 44.9 Å². The average Bonchev–Trinajstić information content (AvgIpc) is 3.84. The number of carbonyl (C=O) groups is 3. The molecule has 0 radical (unpaired) electrons. The van der Waals surface area contributed by atoms with Gasteiger partial charge in [0.05, 0.1) is 45.9 Å². The monoisotopic (exact) mass is 853 g/mol. The minimum atomic E-state index is -4.54. The van der Waals surface area contributed by atoms with Gasteiger partial charge < -0.3 is 24.9 Å². The molecule has 61 heavy (non-hydrogen) atoms. The van der Waals surface area contributed by atoms with Crippen LogP contribution in [-0.4, -0.2) is 72.8 Å². The summed E-state index contributed by atoms with van der Waals surface area (Å²) in [6, 6.07) is 14.1. The topological polar surface area (TPSA) is 190 Å². The highest BCUT2D eigenvalue weighted by molar-refractivity contribution is 7.90. The number of nitrogens with one attached hydrogen (secondary N) is 2. The van der Waals surface area contributed by atoms with E-state index in [4.69, 9.17) is 18.6 Å². The molecule has 2 saturated carbocycles. The van der Waals surface area contributed by atoms with E-state index in [2.05, 4.69) is 15.7 Å². The number of aldehydes is 1. The fraction of sp³-hybridized carbons (Fsp3) is 0.409. The zero-order valence-corrected chi connectivity index (χ0v) is 35.4. The molecule has 0 atom stereocenters. The number of ether oxygens (including phenoxy) is 2. The molecule has 2 fully saturated rings. The molecule has 0 aliphatic heterocycles. The molecule has 0 saturated heterocycles. The molecule has 2 amide bonds. The number of methoxy groups -OCH3 is 1. The number of hydrogen-bond acceptors (Lipinski definition) is 10. The number of hydrogen-bond donors (Lipinski definition) is 2. The maximum absolute atomic E-state index is 15.2. The molecule has 0 unspecified atom stereocenters. The molecule has 17 heteroatoms. The highest BCUT2D eigenvalue weighted by Crippen LogP contribution is 2.48. The zero-order chi connectivity index (χ0) is 45.9. The van der Waals surface area contributed by atoms with Crippen molar-refractivity contribution in [1.29, 1.82) is 0 Å². The van der Waals surface area contributed by atoms with Crippen LogP contribution in [0.1, 0.15) is 81.4 Å². The molecule has 0 spiro atoms. The van der Waals surface area contributed by atoms with Gasteiger partial charge in [0.15, 0.2) is 5.65 Å². The molecule has 320 valence electrons. The van der Waals surface area contributed by atoms with E-state index < -0.39 is 46.0 Å². The van der Waals surface area contributed by atoms with Crippen LogP contribution < -0.4 is 21.1 Å². The van der Waals surface area contributed by atoms with Crippen LogP contribution in [0.2, 0.25) is 0 Å². The van der Waals surface area contributed by atoms with E-state index in [0.29, 0.717) is 28.5 Å². The summed E-state index contributed by atoms with van der Waals surface area (Å²) in [5, 5.41) is 10.5. The Labute approximate surface area is 357 Å². The van der Waals surface area contributed by atoms with Crippen LogP contribution in [0.3, 0.4) is 0 Å². The largest absolute Gasteiger partial charge is 0.479 e. The predicted molar refractivity (Wildman–Crippen MR) is 229 cm³/mol. The smallest absolute Gasteiger partial charge is 0.407 e. The highest BCUT2D eigenvalue weighted by Gasteiger charge is 2.42. The fourth-order valence-electron chi connectivity index (χ4n) is 8.42. The second kappa shape index (κ2) is 15.7. The van der Waals surface area contributed by atoms with Gasteiger partial charge in [0.2, 0.25) is 11.8 Å². The Balaban J connectivity index is 1.42. The Kier molecular flexibility index (Phi) is 9.69. The van der Waals surface area contributed by atoms with Gasteiger partial charge in [-0.3, -0.25) is 18.6 Å². The van der Waals surface area contributed by atoms with Crippen LogP contribution in [0.4, 0.5) is 4.79 Å². The molecule has 0 bridgehead atoms. The van der Waals surface area contributed by atoms with Crippen molar-refractivity contribution in [3.05, 3.63) is 83.0 Å². The van der Waals surface area contributed by atoms with E-state index in [1.165, 1.54) is 34.7 Å². The lowest BCUT2D eigenvalue weighted by molar-refractivity contribution is -0.125. The lowest BCUT2D eigenvalue weighted by Crippen LogP contribution is -2.52. The van der Waals surface area contributed by atoms with Crippen LogP contribution in [0.25, 0.3) is 44.5 Å². The number of aromatic nitrogens is 6. The first-order valence-electron chi connectivity index (χ1n) is 21.7. The van der Waals surface area contributed by atoms with Gasteiger partial charge in [-0.15, -0.1) is 5.10 Å². The van der Waals surface area contributed by atoms with Crippen molar-refractivity contribution in [3.8, 4) is 28.3 Å². The van der Waals surface area contributed by atoms with E-state index >= 15 is 8.42 Å². The number of aryl methyl sites for hydroxylation is 2. The number of fused-ring (bicyclic) bond motifs is 3. The van der Waals surface area contributed by atoms with Crippen LogP contribution in [0, 0.1) is 5.92 Å². The summed E-state index contributed by atoms with van der Waals surface area (Å²) in [5.41, 5.74) is -0.663. The normalized spacial score (nSPS) is 19.2. The first-order valence-corrected chi connectivity index (χ1v) is 21.6. The van der Waals surface area contributed by atoms with Gasteiger partial charge in [-0.2, -0.15) is 0 Å². The number of pyridine rings is 1. The van der Waals surface area contributed by atoms with Crippen molar-refractivity contribution in [2.45, 2.75) is 94.3 Å². The van der Waals surface area contributed by atoms with Crippen molar-refractivity contribution >= 4 is 50.4 Å². The van der Waals surface area contributed by atoms with E-state index in [-0.39, 0.29) is 87.3 Å². The number of benzene rings is 2. The van der Waals surface area contributed by atoms with Crippen LogP contribution in [0.15, 0.2) is 76.7 Å². The quantitative estimate of drug-likeness (QED) is 0.138. The van der Waals surface area contributed by atoms with Gasteiger partial charge in [0.1, 0.15) is 11.9 Å². The van der Waals surface area contributed by atoms with Gasteiger partial charge in [0.25, 0.3) is 10.0 Å². The molecule has 6 aromatic rings. The standard InChI is InChI=1S/C44H50N8O8S/c1-43(2,3)60-41(55)46-24-27-12-14-28(15-13-27)34-35-37-33(50(5)42(56)51(37)30-18-20-44(21-19-30,22-23-53)47-39(54)29-16-17-29)25-45-38(35)52(61(57,58)31-10-8-7-9-11-31)36(34)32-26-49(4)48-40(32)59-6/h7-15,23,25-26,29-30H,16-22,24H2,1-6H3,(H,46,55)(H,47,54)/i5D3. The minimum absolute atomic E-state index is 0.0531. The average molecular weight is 854 g/mol. The Morgan fingerprint density at radius 1 is 1.05 bits per heavy atom. The summed E-state index contributed by atoms with van der Waals surface area (Å²) < 4.78 is 72.0. The third-order valence-electron chi connectivity index (χ3n) is 11.5. The molecule has 16 nitrogen and oxygen atoms in total. The third-order valence-corrected chi connectivity index (χ3v) is 13.2. The molecule has 2 aliphatic carbocycles. The number of nitrogens with zero attached hydrogens (tertiary/aromatic N) is 6. The van der Waals surface area contributed by atoms with Crippen molar-refractivity contribution in [2.24, 2.45) is 19.9 Å². The van der Waals surface area contributed by atoms with Crippen LogP contribution >= 0.6 is 0 Å². The predicted octanol–water partition coefficient (Wildman–Crippen LogP) is 6.00. The molecular weight excluding hydrogens is 801 g/mol. The number of carbonyl (C=O) groups excluding carboxylic acids is 3. The molecule has 2 N–H and O–H groups in total. The van der Waals surface area contributed by atoms with E-state index in [1.54, 1.807) is 76.5 Å². The van der Waals surface area contributed by atoms with E-state index in [0.717, 1.165) is 23.1 Å². The van der Waals surface area contributed by atoms with E-state index in [1.807, 2.05) is 0 Å².